The van der Waals surface area contributed by atoms with Gasteiger partial charge < -0.3 is 14.7 Å². The van der Waals surface area contributed by atoms with Crippen LogP contribution >= 0.6 is 0 Å². The van der Waals surface area contributed by atoms with E-state index in [2.05, 4.69) is 15.4 Å². The summed E-state index contributed by atoms with van der Waals surface area (Å²) in [7, 11) is 0. The van der Waals surface area contributed by atoms with E-state index < -0.39 is 0 Å². The van der Waals surface area contributed by atoms with Crippen LogP contribution < -0.4 is 5.32 Å². The third-order valence-corrected chi connectivity index (χ3v) is 3.85. The fourth-order valence-corrected chi connectivity index (χ4v) is 2.76. The van der Waals surface area contributed by atoms with Crippen LogP contribution in [0.15, 0.2) is 10.6 Å². The molecular weight excluding hydrogens is 260 g/mol. The topological polar surface area (TPSA) is 78.7 Å². The maximum absolute atomic E-state index is 12.2. The summed E-state index contributed by atoms with van der Waals surface area (Å²) in [6.45, 7) is 5.25. The number of nitrogens with zero attached hydrogens (tertiary/aromatic N) is 3. The summed E-state index contributed by atoms with van der Waals surface area (Å²) in [5, 5.41) is 6.62. The molecule has 2 amide bonds. The number of nitrogens with one attached hydrogen (secondary N) is 1. The monoisotopic (exact) mass is 278 g/mol. The molecule has 1 atom stereocenters. The van der Waals surface area contributed by atoms with E-state index in [1.165, 1.54) is 0 Å². The van der Waals surface area contributed by atoms with Crippen molar-refractivity contribution in [3.05, 3.63) is 17.5 Å². The lowest BCUT2D eigenvalue weighted by atomic mass is 10.1. The molecule has 1 aromatic heterocycles. The lowest BCUT2D eigenvalue weighted by Gasteiger charge is -2.42. The molecule has 1 aromatic rings. The molecule has 2 saturated heterocycles. The van der Waals surface area contributed by atoms with Gasteiger partial charge in [0.2, 0.25) is 11.8 Å². The molecular formula is C13H18N4O3. The number of carbonyl (C=O) groups excluding carboxylic acids is 2. The van der Waals surface area contributed by atoms with Gasteiger partial charge in [-0.05, 0) is 6.92 Å². The molecule has 0 aliphatic carbocycles. The number of hydrogen-bond acceptors (Lipinski definition) is 5. The minimum atomic E-state index is -0.210. The second-order valence-corrected chi connectivity index (χ2v) is 5.29. The molecule has 2 fully saturated rings. The van der Waals surface area contributed by atoms with Gasteiger partial charge in [-0.25, -0.2) is 0 Å². The molecule has 2 aliphatic heterocycles. The van der Waals surface area contributed by atoms with Crippen LogP contribution in [0.2, 0.25) is 0 Å². The number of carbonyl (C=O) groups is 2. The molecule has 0 aromatic carbocycles. The van der Waals surface area contributed by atoms with E-state index in [0.717, 1.165) is 18.8 Å². The predicted octanol–water partition coefficient (Wildman–Crippen LogP) is -0.832. The second-order valence-electron chi connectivity index (χ2n) is 5.29. The summed E-state index contributed by atoms with van der Waals surface area (Å²) in [5.41, 5.74) is 0.768. The molecule has 0 bridgehead atoms. The van der Waals surface area contributed by atoms with Crippen LogP contribution in [0.1, 0.15) is 11.5 Å². The Bertz CT molecular complexity index is 527. The van der Waals surface area contributed by atoms with Gasteiger partial charge in [0.1, 0.15) is 11.8 Å². The molecule has 1 N–H and O–H groups in total. The van der Waals surface area contributed by atoms with Crippen molar-refractivity contribution in [3.8, 4) is 0 Å². The number of piperazine rings is 2. The second kappa shape index (κ2) is 5.24. The summed E-state index contributed by atoms with van der Waals surface area (Å²) < 4.78 is 5.07. The highest BCUT2D eigenvalue weighted by molar-refractivity contribution is 5.84. The standard InChI is InChI=1S/C13H18N4O3/c1-9-6-10(20-15-9)7-12(18)17-5-4-16-3-2-14-13(19)11(16)8-17/h6,11H,2-5,7-8H2,1H3,(H,14,19). The van der Waals surface area contributed by atoms with Crippen molar-refractivity contribution in [3.63, 3.8) is 0 Å². The van der Waals surface area contributed by atoms with Gasteiger partial charge in [0.05, 0.1) is 12.1 Å². The molecule has 3 heterocycles. The van der Waals surface area contributed by atoms with E-state index in [1.54, 1.807) is 11.0 Å². The summed E-state index contributed by atoms with van der Waals surface area (Å²) >= 11 is 0. The highest BCUT2D eigenvalue weighted by atomic mass is 16.5. The third kappa shape index (κ3) is 2.53. The van der Waals surface area contributed by atoms with Gasteiger partial charge in [-0.3, -0.25) is 14.5 Å². The lowest BCUT2D eigenvalue weighted by Crippen LogP contribution is -2.64. The van der Waals surface area contributed by atoms with Crippen LogP contribution in [0.3, 0.4) is 0 Å². The Labute approximate surface area is 116 Å². The first-order valence-electron chi connectivity index (χ1n) is 6.85. The van der Waals surface area contributed by atoms with Crippen molar-refractivity contribution < 1.29 is 14.1 Å². The van der Waals surface area contributed by atoms with E-state index in [0.29, 0.717) is 25.4 Å². The van der Waals surface area contributed by atoms with Gasteiger partial charge in [-0.2, -0.15) is 0 Å². The zero-order valence-electron chi connectivity index (χ0n) is 11.5. The van der Waals surface area contributed by atoms with Gasteiger partial charge in [-0.1, -0.05) is 5.16 Å². The molecule has 2 aliphatic rings. The molecule has 0 spiro atoms. The van der Waals surface area contributed by atoms with E-state index in [9.17, 15) is 9.59 Å². The molecule has 7 heteroatoms. The van der Waals surface area contributed by atoms with E-state index in [-0.39, 0.29) is 24.3 Å². The van der Waals surface area contributed by atoms with E-state index in [1.807, 2.05) is 6.92 Å². The maximum Gasteiger partial charge on any atom is 0.239 e. The largest absolute Gasteiger partial charge is 0.361 e. The summed E-state index contributed by atoms with van der Waals surface area (Å²) in [4.78, 5) is 28.0. The molecule has 108 valence electrons. The Hall–Kier alpha value is -1.89. The Morgan fingerprint density at radius 1 is 1.50 bits per heavy atom. The van der Waals surface area contributed by atoms with Crippen LogP contribution in [-0.4, -0.2) is 65.5 Å². The van der Waals surface area contributed by atoms with Gasteiger partial charge in [0.15, 0.2) is 0 Å². The van der Waals surface area contributed by atoms with Crippen LogP contribution in [0.25, 0.3) is 0 Å². The van der Waals surface area contributed by atoms with E-state index >= 15 is 0 Å². The summed E-state index contributed by atoms with van der Waals surface area (Å²) in [5.74, 6) is 0.575. The lowest BCUT2D eigenvalue weighted by molar-refractivity contribution is -0.139. The van der Waals surface area contributed by atoms with Gasteiger partial charge in [-0.15, -0.1) is 0 Å². The predicted molar refractivity (Wildman–Crippen MR) is 69.9 cm³/mol. The quantitative estimate of drug-likeness (QED) is 0.764. The van der Waals surface area contributed by atoms with Crippen molar-refractivity contribution >= 4 is 11.8 Å². The zero-order chi connectivity index (χ0) is 14.1. The molecule has 0 radical (unpaired) electrons. The number of amides is 2. The SMILES string of the molecule is Cc1cc(CC(=O)N2CCN3CCNC(=O)C3C2)on1. The highest BCUT2D eigenvalue weighted by Crippen LogP contribution is 2.14. The zero-order valence-corrected chi connectivity index (χ0v) is 11.5. The van der Waals surface area contributed by atoms with Crippen molar-refractivity contribution in [2.45, 2.75) is 19.4 Å². The molecule has 1 unspecified atom stereocenters. The van der Waals surface area contributed by atoms with Crippen LogP contribution in [0.5, 0.6) is 0 Å². The Morgan fingerprint density at radius 3 is 3.10 bits per heavy atom. The number of rotatable bonds is 2. The Morgan fingerprint density at radius 2 is 2.35 bits per heavy atom. The van der Waals surface area contributed by atoms with Gasteiger partial charge >= 0.3 is 0 Å². The fraction of sp³-hybridized carbons (Fsp3) is 0.615. The highest BCUT2D eigenvalue weighted by Gasteiger charge is 2.36. The van der Waals surface area contributed by atoms with Gasteiger partial charge in [0, 0.05) is 38.8 Å². The average Bonchev–Trinajstić information content (AvgIpc) is 2.84. The summed E-state index contributed by atoms with van der Waals surface area (Å²) in [6.07, 6.45) is 0.204. The van der Waals surface area contributed by atoms with Gasteiger partial charge in [0.25, 0.3) is 0 Å². The summed E-state index contributed by atoms with van der Waals surface area (Å²) in [6, 6.07) is 1.56. The fourth-order valence-electron chi connectivity index (χ4n) is 2.76. The van der Waals surface area contributed by atoms with Crippen LogP contribution in [0, 0.1) is 6.92 Å². The first-order valence-corrected chi connectivity index (χ1v) is 6.85. The Balaban J connectivity index is 1.63. The molecule has 20 heavy (non-hydrogen) atoms. The number of hydrogen-bond donors (Lipinski definition) is 1. The average molecular weight is 278 g/mol. The number of aryl methyl sites for hydroxylation is 1. The first-order chi connectivity index (χ1) is 9.63. The van der Waals surface area contributed by atoms with Crippen molar-refractivity contribution in [1.82, 2.24) is 20.3 Å². The van der Waals surface area contributed by atoms with Crippen LogP contribution in [0.4, 0.5) is 0 Å². The van der Waals surface area contributed by atoms with Crippen molar-refractivity contribution in [1.29, 1.82) is 0 Å². The molecule has 0 saturated carbocycles. The van der Waals surface area contributed by atoms with Crippen molar-refractivity contribution in [2.75, 3.05) is 32.7 Å². The third-order valence-electron chi connectivity index (χ3n) is 3.85. The van der Waals surface area contributed by atoms with Crippen molar-refractivity contribution in [2.24, 2.45) is 0 Å². The number of aromatic nitrogens is 1. The maximum atomic E-state index is 12.2. The molecule has 3 rings (SSSR count). The van der Waals surface area contributed by atoms with Crippen LogP contribution in [-0.2, 0) is 16.0 Å². The smallest absolute Gasteiger partial charge is 0.239 e. The number of fused-ring (bicyclic) bond motifs is 1. The Kier molecular flexibility index (Phi) is 3.43. The van der Waals surface area contributed by atoms with E-state index in [4.69, 9.17) is 4.52 Å². The minimum absolute atomic E-state index is 0.0147. The minimum Gasteiger partial charge on any atom is -0.361 e. The normalized spacial score (nSPS) is 23.4. The molecule has 7 nitrogen and oxygen atoms in total. The first kappa shape index (κ1) is 13.1.